The first-order chi connectivity index (χ1) is 13.7. The molecule has 9 heteroatoms. The van der Waals surface area contributed by atoms with Gasteiger partial charge >= 0.3 is 0 Å². The van der Waals surface area contributed by atoms with E-state index >= 15 is 0 Å². The standard InChI is InChI=1S/C20H21FN2O4S2/c1-3-17-20(25)23-16-11-14(6-7-18(16)28-17)29(26,27)9-8-19(24)22-13-5-4-12(2)15(21)10-13/h4-7,10-11,17H,3,8-9H2,1-2H3,(H,22,24)(H,23,25)/t17-/m0/s1. The number of hydrogen-bond acceptors (Lipinski definition) is 5. The van der Waals surface area contributed by atoms with Crippen LogP contribution >= 0.6 is 11.8 Å². The molecule has 2 aromatic rings. The largest absolute Gasteiger partial charge is 0.326 e. The SMILES string of the molecule is CC[C@@H]1Sc2ccc(S(=O)(=O)CCC(=O)Nc3ccc(C)c(F)c3)cc2NC1=O. The smallest absolute Gasteiger partial charge is 0.237 e. The Bertz CT molecular complexity index is 1070. The molecule has 1 aliphatic heterocycles. The van der Waals surface area contributed by atoms with Gasteiger partial charge < -0.3 is 10.6 Å². The number of rotatable bonds is 6. The van der Waals surface area contributed by atoms with Crippen LogP contribution in [0.4, 0.5) is 15.8 Å². The summed E-state index contributed by atoms with van der Waals surface area (Å²) in [6, 6.07) is 8.86. The predicted molar refractivity (Wildman–Crippen MR) is 111 cm³/mol. The van der Waals surface area contributed by atoms with Crippen molar-refractivity contribution in [1.29, 1.82) is 0 Å². The van der Waals surface area contributed by atoms with Crippen LogP contribution in [0.1, 0.15) is 25.3 Å². The summed E-state index contributed by atoms with van der Waals surface area (Å²) in [7, 11) is -3.73. The van der Waals surface area contributed by atoms with Crippen molar-refractivity contribution in [2.45, 2.75) is 41.7 Å². The minimum absolute atomic E-state index is 0.0429. The first kappa shape index (κ1) is 21.3. The maximum Gasteiger partial charge on any atom is 0.237 e. The van der Waals surface area contributed by atoms with Crippen LogP contribution in [0.5, 0.6) is 0 Å². The van der Waals surface area contributed by atoms with Gasteiger partial charge in [0.15, 0.2) is 9.84 Å². The second-order valence-electron chi connectivity index (χ2n) is 6.74. The molecular weight excluding hydrogens is 415 g/mol. The summed E-state index contributed by atoms with van der Waals surface area (Å²) in [5.74, 6) is -1.52. The highest BCUT2D eigenvalue weighted by Gasteiger charge is 2.27. The van der Waals surface area contributed by atoms with Crippen LogP contribution in [0.25, 0.3) is 0 Å². The van der Waals surface area contributed by atoms with E-state index in [1.54, 1.807) is 19.1 Å². The van der Waals surface area contributed by atoms with Crippen molar-refractivity contribution in [1.82, 2.24) is 0 Å². The van der Waals surface area contributed by atoms with Crippen LogP contribution < -0.4 is 10.6 Å². The molecule has 0 aliphatic carbocycles. The summed E-state index contributed by atoms with van der Waals surface area (Å²) < 4.78 is 38.8. The number of benzene rings is 2. The highest BCUT2D eigenvalue weighted by Crippen LogP contribution is 2.38. The lowest BCUT2D eigenvalue weighted by molar-refractivity contribution is -0.116. The van der Waals surface area contributed by atoms with Gasteiger partial charge in [0, 0.05) is 17.0 Å². The number of carbonyl (C=O) groups excluding carboxylic acids is 2. The Morgan fingerprint density at radius 3 is 2.69 bits per heavy atom. The van der Waals surface area contributed by atoms with Gasteiger partial charge in [0.1, 0.15) is 5.82 Å². The maximum atomic E-state index is 13.6. The Labute approximate surface area is 173 Å². The molecule has 0 saturated carbocycles. The van der Waals surface area contributed by atoms with Gasteiger partial charge in [-0.25, -0.2) is 12.8 Å². The van der Waals surface area contributed by atoms with E-state index in [9.17, 15) is 22.4 Å². The average Bonchev–Trinajstić information content (AvgIpc) is 2.68. The molecule has 2 amide bonds. The lowest BCUT2D eigenvalue weighted by Crippen LogP contribution is -2.28. The minimum Gasteiger partial charge on any atom is -0.326 e. The van der Waals surface area contributed by atoms with Crippen LogP contribution in [0.2, 0.25) is 0 Å². The molecule has 0 aromatic heterocycles. The Morgan fingerprint density at radius 1 is 1.24 bits per heavy atom. The molecule has 0 radical (unpaired) electrons. The van der Waals surface area contributed by atoms with Crippen molar-refractivity contribution in [2.75, 3.05) is 16.4 Å². The van der Waals surface area contributed by atoms with Gasteiger partial charge in [-0.3, -0.25) is 9.59 Å². The first-order valence-electron chi connectivity index (χ1n) is 9.10. The van der Waals surface area contributed by atoms with Crippen LogP contribution in [0, 0.1) is 12.7 Å². The van der Waals surface area contributed by atoms with E-state index in [1.807, 2.05) is 6.92 Å². The van der Waals surface area contributed by atoms with Crippen molar-refractivity contribution in [2.24, 2.45) is 0 Å². The van der Waals surface area contributed by atoms with Gasteiger partial charge in [0.25, 0.3) is 0 Å². The fourth-order valence-corrected chi connectivity index (χ4v) is 5.12. The summed E-state index contributed by atoms with van der Waals surface area (Å²) in [5.41, 5.74) is 1.19. The number of aryl methyl sites for hydroxylation is 1. The zero-order chi connectivity index (χ0) is 21.2. The van der Waals surface area contributed by atoms with Gasteiger partial charge in [0.2, 0.25) is 11.8 Å². The van der Waals surface area contributed by atoms with E-state index in [-0.39, 0.29) is 28.2 Å². The number of nitrogens with one attached hydrogen (secondary N) is 2. The topological polar surface area (TPSA) is 92.3 Å². The highest BCUT2D eigenvalue weighted by atomic mass is 32.2. The molecule has 0 bridgehead atoms. The Balaban J connectivity index is 1.66. The fourth-order valence-electron chi connectivity index (χ4n) is 2.83. The zero-order valence-electron chi connectivity index (χ0n) is 16.0. The van der Waals surface area contributed by atoms with Crippen molar-refractivity contribution < 1.29 is 22.4 Å². The van der Waals surface area contributed by atoms with Crippen molar-refractivity contribution in [3.8, 4) is 0 Å². The maximum absolute atomic E-state index is 13.6. The van der Waals surface area contributed by atoms with Crippen molar-refractivity contribution >= 4 is 44.8 Å². The Hall–Kier alpha value is -2.39. The molecule has 154 valence electrons. The molecule has 1 atom stereocenters. The van der Waals surface area contributed by atoms with Gasteiger partial charge in [-0.05, 0) is 49.2 Å². The first-order valence-corrected chi connectivity index (χ1v) is 11.6. The lowest BCUT2D eigenvalue weighted by atomic mass is 10.2. The summed E-state index contributed by atoms with van der Waals surface area (Å²) in [4.78, 5) is 25.0. The summed E-state index contributed by atoms with van der Waals surface area (Å²) in [5, 5.41) is 5.04. The number of halogens is 1. The Morgan fingerprint density at radius 2 is 2.00 bits per heavy atom. The normalized spacial score (nSPS) is 16.1. The van der Waals surface area contributed by atoms with Crippen molar-refractivity contribution in [3.05, 3.63) is 47.8 Å². The van der Waals surface area contributed by atoms with Gasteiger partial charge in [0.05, 0.1) is 21.6 Å². The van der Waals surface area contributed by atoms with E-state index in [0.717, 1.165) is 4.90 Å². The van der Waals surface area contributed by atoms with Crippen LogP contribution in [-0.2, 0) is 19.4 Å². The molecule has 2 N–H and O–H groups in total. The monoisotopic (exact) mass is 436 g/mol. The summed E-state index contributed by atoms with van der Waals surface area (Å²) in [6.45, 7) is 3.52. The fraction of sp³-hybridized carbons (Fsp3) is 0.300. The molecule has 29 heavy (non-hydrogen) atoms. The Kier molecular flexibility index (Phi) is 6.28. The predicted octanol–water partition coefficient (Wildman–Crippen LogP) is 3.76. The van der Waals surface area contributed by atoms with Gasteiger partial charge in [-0.15, -0.1) is 11.8 Å². The molecule has 0 saturated heterocycles. The number of thioether (sulfide) groups is 1. The van der Waals surface area contributed by atoms with E-state index in [1.165, 1.54) is 36.0 Å². The van der Waals surface area contributed by atoms with E-state index < -0.39 is 27.3 Å². The van der Waals surface area contributed by atoms with Crippen LogP contribution in [0.15, 0.2) is 46.2 Å². The number of carbonyl (C=O) groups is 2. The van der Waals surface area contributed by atoms with Gasteiger partial charge in [-0.1, -0.05) is 13.0 Å². The number of hydrogen-bond donors (Lipinski definition) is 2. The molecule has 0 unspecified atom stereocenters. The molecule has 0 spiro atoms. The molecule has 0 fully saturated rings. The summed E-state index contributed by atoms with van der Waals surface area (Å²) >= 11 is 1.40. The van der Waals surface area contributed by atoms with E-state index in [2.05, 4.69) is 10.6 Å². The minimum atomic E-state index is -3.73. The quantitative estimate of drug-likeness (QED) is 0.719. The molecule has 6 nitrogen and oxygen atoms in total. The molecular formula is C20H21FN2O4S2. The zero-order valence-corrected chi connectivity index (χ0v) is 17.6. The van der Waals surface area contributed by atoms with Crippen LogP contribution in [-0.4, -0.2) is 31.2 Å². The number of sulfone groups is 1. The molecule has 1 aliphatic rings. The third kappa shape index (κ3) is 4.97. The number of fused-ring (bicyclic) bond motifs is 1. The average molecular weight is 437 g/mol. The molecule has 1 heterocycles. The third-order valence-corrected chi connectivity index (χ3v) is 7.71. The second kappa shape index (κ2) is 8.54. The van der Waals surface area contributed by atoms with Crippen molar-refractivity contribution in [3.63, 3.8) is 0 Å². The van der Waals surface area contributed by atoms with E-state index in [4.69, 9.17) is 0 Å². The number of anilines is 2. The summed E-state index contributed by atoms with van der Waals surface area (Å²) in [6.07, 6.45) is 0.407. The molecule has 3 rings (SSSR count). The van der Waals surface area contributed by atoms with E-state index in [0.29, 0.717) is 17.7 Å². The van der Waals surface area contributed by atoms with Crippen LogP contribution in [0.3, 0.4) is 0 Å². The number of amides is 2. The molecule has 2 aromatic carbocycles. The second-order valence-corrected chi connectivity index (χ2v) is 10.1. The van der Waals surface area contributed by atoms with Gasteiger partial charge in [-0.2, -0.15) is 0 Å². The third-order valence-electron chi connectivity index (χ3n) is 4.55. The highest BCUT2D eigenvalue weighted by molar-refractivity contribution is 8.01. The lowest BCUT2D eigenvalue weighted by Gasteiger charge is -2.23.